The molecule has 0 bridgehead atoms. The van der Waals surface area contributed by atoms with E-state index in [9.17, 15) is 0 Å². The number of H-pyrrole nitrogens is 1. The van der Waals surface area contributed by atoms with Crippen molar-refractivity contribution in [2.45, 2.75) is 26.4 Å². The number of aromatic amines is 1. The molecular formula is C11H15N3. The Morgan fingerprint density at radius 1 is 1.43 bits per heavy atom. The van der Waals surface area contributed by atoms with Gasteiger partial charge in [-0.05, 0) is 17.7 Å². The van der Waals surface area contributed by atoms with Crippen molar-refractivity contribution in [1.29, 1.82) is 0 Å². The van der Waals surface area contributed by atoms with E-state index < -0.39 is 0 Å². The summed E-state index contributed by atoms with van der Waals surface area (Å²) in [7, 11) is 0. The van der Waals surface area contributed by atoms with Gasteiger partial charge < -0.3 is 10.3 Å². The number of nitrogens with zero attached hydrogens (tertiary/aromatic N) is 1. The Hall–Kier alpha value is -1.35. The van der Waals surface area contributed by atoms with Gasteiger partial charge >= 0.3 is 0 Å². The standard InChI is InChI=1S/C11H15N3/c1-8(2)12-6-9-3-4-10-11(5-9)14-7-13-10/h3-5,7-8,12H,6H2,1-2H3,(H,13,14). The van der Waals surface area contributed by atoms with Crippen LogP contribution in [0.15, 0.2) is 24.5 Å². The number of imidazole rings is 1. The summed E-state index contributed by atoms with van der Waals surface area (Å²) in [5.74, 6) is 0. The predicted octanol–water partition coefficient (Wildman–Crippen LogP) is 2.06. The minimum atomic E-state index is 0.521. The van der Waals surface area contributed by atoms with Gasteiger partial charge in [0.05, 0.1) is 17.4 Å². The van der Waals surface area contributed by atoms with Gasteiger partial charge in [0.2, 0.25) is 0 Å². The Morgan fingerprint density at radius 2 is 2.29 bits per heavy atom. The number of nitrogens with one attached hydrogen (secondary N) is 2. The highest BCUT2D eigenvalue weighted by atomic mass is 14.9. The zero-order chi connectivity index (χ0) is 9.97. The molecule has 0 fully saturated rings. The van der Waals surface area contributed by atoms with Gasteiger partial charge in [-0.1, -0.05) is 19.9 Å². The van der Waals surface area contributed by atoms with Crippen molar-refractivity contribution in [2.24, 2.45) is 0 Å². The summed E-state index contributed by atoms with van der Waals surface area (Å²) in [6.07, 6.45) is 1.73. The lowest BCUT2D eigenvalue weighted by Gasteiger charge is -2.07. The molecule has 1 aromatic carbocycles. The molecule has 3 heteroatoms. The first kappa shape index (κ1) is 9.21. The molecule has 0 saturated heterocycles. The highest BCUT2D eigenvalue weighted by Gasteiger charge is 1.98. The van der Waals surface area contributed by atoms with Gasteiger partial charge in [-0.15, -0.1) is 0 Å². The first-order chi connectivity index (χ1) is 6.75. The molecule has 2 rings (SSSR count). The van der Waals surface area contributed by atoms with Gasteiger partial charge in [-0.25, -0.2) is 4.98 Å². The van der Waals surface area contributed by atoms with Gasteiger partial charge in [0.1, 0.15) is 0 Å². The summed E-state index contributed by atoms with van der Waals surface area (Å²) in [5.41, 5.74) is 3.42. The third-order valence-corrected chi connectivity index (χ3v) is 2.20. The van der Waals surface area contributed by atoms with E-state index in [4.69, 9.17) is 0 Å². The third-order valence-electron chi connectivity index (χ3n) is 2.20. The highest BCUT2D eigenvalue weighted by Crippen LogP contribution is 2.11. The van der Waals surface area contributed by atoms with Crippen LogP contribution >= 0.6 is 0 Å². The van der Waals surface area contributed by atoms with Crippen molar-refractivity contribution < 1.29 is 0 Å². The summed E-state index contributed by atoms with van der Waals surface area (Å²) in [6.45, 7) is 5.20. The van der Waals surface area contributed by atoms with E-state index in [1.165, 1.54) is 5.56 Å². The summed E-state index contributed by atoms with van der Waals surface area (Å²) in [4.78, 5) is 7.29. The second kappa shape index (κ2) is 3.80. The molecule has 1 heterocycles. The molecule has 0 amide bonds. The lowest BCUT2D eigenvalue weighted by Crippen LogP contribution is -2.21. The molecule has 3 nitrogen and oxygen atoms in total. The first-order valence-corrected chi connectivity index (χ1v) is 4.91. The molecule has 2 aromatic rings. The fraction of sp³-hybridized carbons (Fsp3) is 0.364. The zero-order valence-electron chi connectivity index (χ0n) is 8.54. The van der Waals surface area contributed by atoms with Crippen molar-refractivity contribution in [3.63, 3.8) is 0 Å². The van der Waals surface area contributed by atoms with E-state index in [-0.39, 0.29) is 0 Å². The van der Waals surface area contributed by atoms with E-state index in [1.54, 1.807) is 6.33 Å². The average molecular weight is 189 g/mol. The third kappa shape index (κ3) is 1.93. The zero-order valence-corrected chi connectivity index (χ0v) is 8.54. The summed E-state index contributed by atoms with van der Waals surface area (Å²) >= 11 is 0. The van der Waals surface area contributed by atoms with E-state index in [0.29, 0.717) is 6.04 Å². The Balaban J connectivity index is 2.17. The molecule has 0 aliphatic rings. The lowest BCUT2D eigenvalue weighted by atomic mass is 10.2. The van der Waals surface area contributed by atoms with Gasteiger partial charge in [0.15, 0.2) is 0 Å². The maximum absolute atomic E-state index is 4.18. The minimum absolute atomic E-state index is 0.521. The van der Waals surface area contributed by atoms with Crippen molar-refractivity contribution in [3.8, 4) is 0 Å². The van der Waals surface area contributed by atoms with Gasteiger partial charge in [-0.3, -0.25) is 0 Å². The fourth-order valence-electron chi connectivity index (χ4n) is 1.41. The Labute approximate surface area is 83.6 Å². The van der Waals surface area contributed by atoms with Crippen LogP contribution in [0.3, 0.4) is 0 Å². The Kier molecular flexibility index (Phi) is 2.50. The molecule has 0 aliphatic carbocycles. The van der Waals surface area contributed by atoms with E-state index >= 15 is 0 Å². The van der Waals surface area contributed by atoms with E-state index in [2.05, 4.69) is 41.3 Å². The molecule has 0 aliphatic heterocycles. The highest BCUT2D eigenvalue weighted by molar-refractivity contribution is 5.74. The maximum Gasteiger partial charge on any atom is 0.0931 e. The van der Waals surface area contributed by atoms with Crippen LogP contribution in [0.25, 0.3) is 11.0 Å². The van der Waals surface area contributed by atoms with Crippen LogP contribution in [-0.4, -0.2) is 16.0 Å². The van der Waals surface area contributed by atoms with Crippen molar-refractivity contribution in [3.05, 3.63) is 30.1 Å². The SMILES string of the molecule is CC(C)NCc1ccc2nc[nH]c2c1. The van der Waals surface area contributed by atoms with Crippen LogP contribution in [0.4, 0.5) is 0 Å². The second-order valence-electron chi connectivity index (χ2n) is 3.79. The van der Waals surface area contributed by atoms with Crippen LogP contribution in [0, 0.1) is 0 Å². The largest absolute Gasteiger partial charge is 0.345 e. The Morgan fingerprint density at radius 3 is 3.07 bits per heavy atom. The number of hydrogen-bond donors (Lipinski definition) is 2. The number of hydrogen-bond acceptors (Lipinski definition) is 2. The van der Waals surface area contributed by atoms with Crippen LogP contribution in [0.1, 0.15) is 19.4 Å². The van der Waals surface area contributed by atoms with Crippen LogP contribution in [-0.2, 0) is 6.54 Å². The quantitative estimate of drug-likeness (QED) is 0.776. The average Bonchev–Trinajstić information content (AvgIpc) is 2.61. The van der Waals surface area contributed by atoms with Gasteiger partial charge in [-0.2, -0.15) is 0 Å². The Bertz CT molecular complexity index is 417. The first-order valence-electron chi connectivity index (χ1n) is 4.91. The monoisotopic (exact) mass is 189 g/mol. The van der Waals surface area contributed by atoms with E-state index in [1.807, 2.05) is 6.07 Å². The molecular weight excluding hydrogens is 174 g/mol. The molecule has 74 valence electrons. The van der Waals surface area contributed by atoms with Gasteiger partial charge in [0, 0.05) is 12.6 Å². The number of aromatic nitrogens is 2. The molecule has 0 saturated carbocycles. The van der Waals surface area contributed by atoms with Crippen LogP contribution in [0.2, 0.25) is 0 Å². The smallest absolute Gasteiger partial charge is 0.0931 e. The molecule has 14 heavy (non-hydrogen) atoms. The van der Waals surface area contributed by atoms with Crippen LogP contribution < -0.4 is 5.32 Å². The van der Waals surface area contributed by atoms with Crippen LogP contribution in [0.5, 0.6) is 0 Å². The predicted molar refractivity (Wildman–Crippen MR) is 58.1 cm³/mol. The van der Waals surface area contributed by atoms with Crippen molar-refractivity contribution in [1.82, 2.24) is 15.3 Å². The summed E-state index contributed by atoms with van der Waals surface area (Å²) in [5, 5.41) is 3.38. The minimum Gasteiger partial charge on any atom is -0.345 e. The summed E-state index contributed by atoms with van der Waals surface area (Å²) < 4.78 is 0. The molecule has 0 spiro atoms. The van der Waals surface area contributed by atoms with Crippen molar-refractivity contribution in [2.75, 3.05) is 0 Å². The number of fused-ring (bicyclic) bond motifs is 1. The second-order valence-corrected chi connectivity index (χ2v) is 3.79. The molecule has 2 N–H and O–H groups in total. The summed E-state index contributed by atoms with van der Waals surface area (Å²) in [6, 6.07) is 6.81. The molecule has 0 unspecified atom stereocenters. The fourth-order valence-corrected chi connectivity index (χ4v) is 1.41. The number of rotatable bonds is 3. The van der Waals surface area contributed by atoms with E-state index in [0.717, 1.165) is 17.6 Å². The molecule has 0 atom stereocenters. The normalized spacial score (nSPS) is 11.4. The topological polar surface area (TPSA) is 40.7 Å². The van der Waals surface area contributed by atoms with Crippen molar-refractivity contribution >= 4 is 11.0 Å². The molecule has 1 aromatic heterocycles. The molecule has 0 radical (unpaired) electrons. The maximum atomic E-state index is 4.18. The lowest BCUT2D eigenvalue weighted by molar-refractivity contribution is 0.589. The van der Waals surface area contributed by atoms with Gasteiger partial charge in [0.25, 0.3) is 0 Å². The number of benzene rings is 1.